The van der Waals surface area contributed by atoms with Gasteiger partial charge in [0.2, 0.25) is 0 Å². The Morgan fingerprint density at radius 1 is 1.44 bits per heavy atom. The number of hydrogen-bond donors (Lipinski definition) is 0. The van der Waals surface area contributed by atoms with E-state index >= 15 is 0 Å². The maximum absolute atomic E-state index is 12.0. The molecule has 0 radical (unpaired) electrons. The number of carbonyl (C=O) groups is 1. The standard InChI is InChI=1S/C13H21IN2O2/c1-12(2,3)18-11(17)15-5-6-16-9-13(4,14)7-10(16)8-15/h7H,5-6,8-9H2,1-4H3. The second kappa shape index (κ2) is 4.58. The zero-order chi connectivity index (χ0) is 13.6. The van der Waals surface area contributed by atoms with E-state index < -0.39 is 5.60 Å². The Morgan fingerprint density at radius 2 is 2.11 bits per heavy atom. The van der Waals surface area contributed by atoms with E-state index in [-0.39, 0.29) is 9.51 Å². The van der Waals surface area contributed by atoms with Crippen LogP contribution in [0.5, 0.6) is 0 Å². The van der Waals surface area contributed by atoms with Crippen molar-refractivity contribution in [1.29, 1.82) is 0 Å². The summed E-state index contributed by atoms with van der Waals surface area (Å²) in [5.41, 5.74) is 0.833. The average molecular weight is 364 g/mol. The number of alkyl halides is 1. The highest BCUT2D eigenvalue weighted by molar-refractivity contribution is 14.1. The number of ether oxygens (including phenoxy) is 1. The summed E-state index contributed by atoms with van der Waals surface area (Å²) < 4.78 is 5.61. The van der Waals surface area contributed by atoms with Crippen molar-refractivity contribution in [3.63, 3.8) is 0 Å². The molecule has 0 bridgehead atoms. The van der Waals surface area contributed by atoms with E-state index in [1.54, 1.807) is 4.90 Å². The number of nitrogens with zero attached hydrogens (tertiary/aromatic N) is 2. The summed E-state index contributed by atoms with van der Waals surface area (Å²) in [5.74, 6) is 0. The van der Waals surface area contributed by atoms with Gasteiger partial charge in [-0.05, 0) is 33.8 Å². The van der Waals surface area contributed by atoms with E-state index in [1.807, 2.05) is 20.8 Å². The first-order valence-electron chi connectivity index (χ1n) is 6.30. The minimum absolute atomic E-state index is 0.192. The van der Waals surface area contributed by atoms with Crippen molar-refractivity contribution in [2.24, 2.45) is 0 Å². The van der Waals surface area contributed by atoms with Crippen molar-refractivity contribution in [3.8, 4) is 0 Å². The van der Waals surface area contributed by atoms with E-state index in [0.29, 0.717) is 6.54 Å². The molecule has 0 aromatic rings. The van der Waals surface area contributed by atoms with Crippen LogP contribution in [-0.4, -0.2) is 51.1 Å². The van der Waals surface area contributed by atoms with Crippen molar-refractivity contribution in [3.05, 3.63) is 11.8 Å². The van der Waals surface area contributed by atoms with Crippen LogP contribution in [0.15, 0.2) is 11.8 Å². The Morgan fingerprint density at radius 3 is 2.72 bits per heavy atom. The maximum Gasteiger partial charge on any atom is 0.410 e. The van der Waals surface area contributed by atoms with E-state index in [1.165, 1.54) is 5.70 Å². The SMILES string of the molecule is CC1(I)C=C2CN(C(=O)OC(C)(C)C)CCN2C1. The number of piperazine rings is 1. The Kier molecular flexibility index (Phi) is 3.55. The highest BCUT2D eigenvalue weighted by Crippen LogP contribution is 2.33. The smallest absolute Gasteiger partial charge is 0.410 e. The fraction of sp³-hybridized carbons (Fsp3) is 0.769. The van der Waals surface area contributed by atoms with Gasteiger partial charge in [-0.2, -0.15) is 0 Å². The first-order chi connectivity index (χ1) is 8.16. The molecule has 2 rings (SSSR count). The molecule has 0 saturated carbocycles. The Bertz CT molecular complexity index is 385. The minimum atomic E-state index is -0.421. The molecule has 1 unspecified atom stereocenters. The largest absolute Gasteiger partial charge is 0.444 e. The van der Waals surface area contributed by atoms with Crippen molar-refractivity contribution in [2.75, 3.05) is 26.2 Å². The van der Waals surface area contributed by atoms with Gasteiger partial charge in [0.05, 0.1) is 9.97 Å². The number of hydrogen-bond acceptors (Lipinski definition) is 3. The summed E-state index contributed by atoms with van der Waals surface area (Å²) in [6.45, 7) is 11.3. The van der Waals surface area contributed by atoms with E-state index in [2.05, 4.69) is 40.5 Å². The molecule has 2 aliphatic rings. The lowest BCUT2D eigenvalue weighted by molar-refractivity contribution is 0.0205. The molecule has 0 N–H and O–H groups in total. The maximum atomic E-state index is 12.0. The Labute approximate surface area is 122 Å². The van der Waals surface area contributed by atoms with Gasteiger partial charge in [0.25, 0.3) is 0 Å². The van der Waals surface area contributed by atoms with Crippen LogP contribution >= 0.6 is 22.6 Å². The zero-order valence-electron chi connectivity index (χ0n) is 11.5. The van der Waals surface area contributed by atoms with Gasteiger partial charge in [0.1, 0.15) is 5.60 Å². The van der Waals surface area contributed by atoms with Crippen molar-refractivity contribution in [2.45, 2.75) is 36.7 Å². The second-order valence-corrected chi connectivity index (χ2v) is 8.70. The molecular formula is C13H21IN2O2. The van der Waals surface area contributed by atoms with Crippen molar-refractivity contribution in [1.82, 2.24) is 9.80 Å². The van der Waals surface area contributed by atoms with Crippen LogP contribution in [0, 0.1) is 0 Å². The highest BCUT2D eigenvalue weighted by atomic mass is 127. The molecule has 102 valence electrons. The number of rotatable bonds is 0. The summed E-state index contributed by atoms with van der Waals surface area (Å²) >= 11 is 2.46. The summed E-state index contributed by atoms with van der Waals surface area (Å²) in [7, 11) is 0. The van der Waals surface area contributed by atoms with Gasteiger partial charge in [-0.3, -0.25) is 0 Å². The molecule has 1 atom stereocenters. The number of halogens is 1. The molecule has 0 aromatic heterocycles. The first-order valence-corrected chi connectivity index (χ1v) is 7.38. The molecule has 2 aliphatic heterocycles. The summed E-state index contributed by atoms with van der Waals surface area (Å²) in [6.07, 6.45) is 2.06. The molecule has 2 heterocycles. The summed E-state index contributed by atoms with van der Waals surface area (Å²) in [6, 6.07) is 0. The van der Waals surface area contributed by atoms with Crippen LogP contribution in [0.3, 0.4) is 0 Å². The minimum Gasteiger partial charge on any atom is -0.444 e. The molecule has 1 fully saturated rings. The lowest BCUT2D eigenvalue weighted by Gasteiger charge is -2.36. The summed E-state index contributed by atoms with van der Waals surface area (Å²) in [4.78, 5) is 16.2. The third-order valence-corrected chi connectivity index (χ3v) is 3.67. The predicted octanol–water partition coefficient (Wildman–Crippen LogP) is 2.63. The lowest BCUT2D eigenvalue weighted by Crippen LogP contribution is -2.48. The molecule has 5 heteroatoms. The number of carbonyl (C=O) groups excluding carboxylic acids is 1. The Balaban J connectivity index is 2.00. The quantitative estimate of drug-likeness (QED) is 0.489. The average Bonchev–Trinajstić information content (AvgIpc) is 2.47. The van der Waals surface area contributed by atoms with Crippen LogP contribution in [0.1, 0.15) is 27.7 Å². The summed E-state index contributed by atoms with van der Waals surface area (Å²) in [5, 5.41) is 0. The normalized spacial score (nSPS) is 27.9. The van der Waals surface area contributed by atoms with Crippen molar-refractivity contribution >= 4 is 28.7 Å². The van der Waals surface area contributed by atoms with Crippen LogP contribution in [-0.2, 0) is 4.74 Å². The molecule has 0 aromatic carbocycles. The van der Waals surface area contributed by atoms with Crippen molar-refractivity contribution < 1.29 is 9.53 Å². The number of amides is 1. The van der Waals surface area contributed by atoms with Crippen LogP contribution < -0.4 is 0 Å². The van der Waals surface area contributed by atoms with Gasteiger partial charge in [-0.15, -0.1) is 0 Å². The fourth-order valence-electron chi connectivity index (χ4n) is 2.33. The van der Waals surface area contributed by atoms with E-state index in [9.17, 15) is 4.79 Å². The molecule has 1 amide bonds. The first kappa shape index (κ1) is 14.0. The van der Waals surface area contributed by atoms with Gasteiger partial charge in [-0.1, -0.05) is 22.6 Å². The molecular weight excluding hydrogens is 343 g/mol. The molecule has 18 heavy (non-hydrogen) atoms. The van der Waals surface area contributed by atoms with Gasteiger partial charge in [0.15, 0.2) is 0 Å². The van der Waals surface area contributed by atoms with E-state index in [4.69, 9.17) is 4.74 Å². The fourth-order valence-corrected chi connectivity index (χ4v) is 3.10. The molecule has 0 spiro atoms. The van der Waals surface area contributed by atoms with Gasteiger partial charge < -0.3 is 14.5 Å². The number of fused-ring (bicyclic) bond motifs is 1. The molecule has 1 saturated heterocycles. The van der Waals surface area contributed by atoms with Crippen LogP contribution in [0.2, 0.25) is 0 Å². The third-order valence-electron chi connectivity index (χ3n) is 3.02. The predicted molar refractivity (Wildman–Crippen MR) is 79.9 cm³/mol. The highest BCUT2D eigenvalue weighted by Gasteiger charge is 2.36. The van der Waals surface area contributed by atoms with Gasteiger partial charge >= 0.3 is 6.09 Å². The van der Waals surface area contributed by atoms with Crippen LogP contribution in [0.4, 0.5) is 4.79 Å². The van der Waals surface area contributed by atoms with Gasteiger partial charge in [0, 0.05) is 25.3 Å². The topological polar surface area (TPSA) is 32.8 Å². The monoisotopic (exact) mass is 364 g/mol. The van der Waals surface area contributed by atoms with Gasteiger partial charge in [-0.25, -0.2) is 4.79 Å². The van der Waals surface area contributed by atoms with Crippen LogP contribution in [0.25, 0.3) is 0 Å². The Hall–Kier alpha value is -0.460. The molecule has 4 nitrogen and oxygen atoms in total. The van der Waals surface area contributed by atoms with E-state index in [0.717, 1.165) is 19.6 Å². The molecule has 0 aliphatic carbocycles. The second-order valence-electron chi connectivity index (χ2n) is 6.24. The lowest BCUT2D eigenvalue weighted by atomic mass is 10.2. The zero-order valence-corrected chi connectivity index (χ0v) is 13.7. The third kappa shape index (κ3) is 3.30.